The van der Waals surface area contributed by atoms with Gasteiger partial charge in [-0.2, -0.15) is 4.98 Å². The molecule has 3 aromatic rings. The molecule has 0 saturated carbocycles. The molecule has 3 heterocycles. The number of carbonyl (C=O) groups is 1. The SMILES string of the molecule is Cc1ccccc1CC(=O)N1CCN(c2cc(C)n3c(C)nnc3n2)CC1. The first-order valence-electron chi connectivity index (χ1n) is 9.29. The maximum Gasteiger partial charge on any atom is 0.257 e. The molecule has 27 heavy (non-hydrogen) atoms. The average molecular weight is 364 g/mol. The summed E-state index contributed by atoms with van der Waals surface area (Å²) in [6.45, 7) is 8.98. The molecule has 0 bridgehead atoms. The Labute approximate surface area is 158 Å². The van der Waals surface area contributed by atoms with Gasteiger partial charge in [0.1, 0.15) is 11.6 Å². The van der Waals surface area contributed by atoms with Crippen molar-refractivity contribution in [3.05, 3.63) is 53.0 Å². The van der Waals surface area contributed by atoms with Gasteiger partial charge in [-0.05, 0) is 31.9 Å². The molecule has 4 rings (SSSR count). The maximum absolute atomic E-state index is 12.7. The number of rotatable bonds is 3. The van der Waals surface area contributed by atoms with E-state index in [1.165, 1.54) is 5.56 Å². The largest absolute Gasteiger partial charge is 0.353 e. The Bertz CT molecular complexity index is 987. The van der Waals surface area contributed by atoms with Crippen LogP contribution in [0.3, 0.4) is 0 Å². The lowest BCUT2D eigenvalue weighted by molar-refractivity contribution is -0.130. The van der Waals surface area contributed by atoms with Crippen LogP contribution in [0.1, 0.15) is 22.6 Å². The molecule has 1 fully saturated rings. The summed E-state index contributed by atoms with van der Waals surface area (Å²) in [6.07, 6.45) is 0.467. The van der Waals surface area contributed by atoms with E-state index in [0.29, 0.717) is 25.3 Å². The van der Waals surface area contributed by atoms with Gasteiger partial charge in [-0.25, -0.2) is 0 Å². The summed E-state index contributed by atoms with van der Waals surface area (Å²) in [4.78, 5) is 21.5. The lowest BCUT2D eigenvalue weighted by Gasteiger charge is -2.35. The molecule has 7 nitrogen and oxygen atoms in total. The standard InChI is InChI=1S/C20H24N6O/c1-14-6-4-5-7-17(14)13-19(27)25-10-8-24(9-11-25)18-12-15(2)26-16(3)22-23-20(26)21-18/h4-7,12H,8-11,13H2,1-3H3. The van der Waals surface area contributed by atoms with Crippen LogP contribution in [0.15, 0.2) is 30.3 Å². The van der Waals surface area contributed by atoms with Crippen molar-refractivity contribution in [2.45, 2.75) is 27.2 Å². The third-order valence-corrected chi connectivity index (χ3v) is 5.27. The zero-order chi connectivity index (χ0) is 19.0. The molecule has 7 heteroatoms. The molecule has 0 N–H and O–H groups in total. The molecule has 0 aliphatic carbocycles. The van der Waals surface area contributed by atoms with Crippen LogP contribution in [0.2, 0.25) is 0 Å². The molecule has 0 spiro atoms. The fourth-order valence-electron chi connectivity index (χ4n) is 3.65. The number of hydrogen-bond donors (Lipinski definition) is 0. The number of piperazine rings is 1. The third-order valence-electron chi connectivity index (χ3n) is 5.27. The van der Waals surface area contributed by atoms with Crippen LogP contribution in [0.25, 0.3) is 5.78 Å². The monoisotopic (exact) mass is 364 g/mol. The van der Waals surface area contributed by atoms with E-state index < -0.39 is 0 Å². The predicted octanol–water partition coefficient (Wildman–Crippen LogP) is 1.94. The van der Waals surface area contributed by atoms with Crippen LogP contribution in [-0.2, 0) is 11.2 Å². The van der Waals surface area contributed by atoms with Crippen molar-refractivity contribution < 1.29 is 4.79 Å². The summed E-state index contributed by atoms with van der Waals surface area (Å²) < 4.78 is 1.95. The minimum absolute atomic E-state index is 0.191. The number of aromatic nitrogens is 4. The Morgan fingerprint density at radius 3 is 2.52 bits per heavy atom. The first kappa shape index (κ1) is 17.5. The molecule has 1 amide bonds. The van der Waals surface area contributed by atoms with E-state index in [2.05, 4.69) is 39.1 Å². The van der Waals surface area contributed by atoms with Gasteiger partial charge in [0.05, 0.1) is 6.42 Å². The van der Waals surface area contributed by atoms with Gasteiger partial charge in [0.15, 0.2) is 0 Å². The lowest BCUT2D eigenvalue weighted by atomic mass is 10.1. The number of fused-ring (bicyclic) bond motifs is 1. The van der Waals surface area contributed by atoms with Gasteiger partial charge >= 0.3 is 0 Å². The molecule has 0 atom stereocenters. The number of amides is 1. The number of carbonyl (C=O) groups excluding carboxylic acids is 1. The Kier molecular flexibility index (Phi) is 4.51. The fraction of sp³-hybridized carbons (Fsp3) is 0.400. The Morgan fingerprint density at radius 2 is 1.78 bits per heavy atom. The van der Waals surface area contributed by atoms with Crippen LogP contribution >= 0.6 is 0 Å². The summed E-state index contributed by atoms with van der Waals surface area (Å²) in [5, 5.41) is 8.25. The van der Waals surface area contributed by atoms with E-state index in [0.717, 1.165) is 36.0 Å². The topological polar surface area (TPSA) is 66.6 Å². The molecule has 1 aromatic carbocycles. The van der Waals surface area contributed by atoms with Gasteiger partial charge in [0.2, 0.25) is 5.91 Å². The molecule has 0 radical (unpaired) electrons. The Hall–Kier alpha value is -2.96. The summed E-state index contributed by atoms with van der Waals surface area (Å²) in [7, 11) is 0. The minimum Gasteiger partial charge on any atom is -0.353 e. The van der Waals surface area contributed by atoms with Crippen LogP contribution in [-0.4, -0.2) is 56.6 Å². The van der Waals surface area contributed by atoms with Gasteiger partial charge in [-0.1, -0.05) is 24.3 Å². The van der Waals surface area contributed by atoms with Crippen molar-refractivity contribution in [3.8, 4) is 0 Å². The minimum atomic E-state index is 0.191. The number of benzene rings is 1. The van der Waals surface area contributed by atoms with E-state index in [4.69, 9.17) is 0 Å². The zero-order valence-electron chi connectivity index (χ0n) is 16.0. The van der Waals surface area contributed by atoms with Crippen molar-refractivity contribution in [2.24, 2.45) is 0 Å². The van der Waals surface area contributed by atoms with E-state index in [1.807, 2.05) is 41.3 Å². The Balaban J connectivity index is 1.43. The number of anilines is 1. The summed E-state index contributed by atoms with van der Waals surface area (Å²) in [5.41, 5.74) is 3.34. The van der Waals surface area contributed by atoms with E-state index in [1.54, 1.807) is 0 Å². The van der Waals surface area contributed by atoms with Crippen LogP contribution < -0.4 is 4.90 Å². The van der Waals surface area contributed by atoms with Crippen LogP contribution in [0, 0.1) is 20.8 Å². The summed E-state index contributed by atoms with van der Waals surface area (Å²) in [6, 6.07) is 10.1. The number of aryl methyl sites for hydroxylation is 3. The molecule has 1 aliphatic heterocycles. The quantitative estimate of drug-likeness (QED) is 0.711. The second kappa shape index (κ2) is 6.98. The molecule has 140 valence electrons. The summed E-state index contributed by atoms with van der Waals surface area (Å²) in [5.74, 6) is 2.56. The van der Waals surface area contributed by atoms with Gasteiger partial charge in [-0.3, -0.25) is 9.20 Å². The number of nitrogens with zero attached hydrogens (tertiary/aromatic N) is 6. The maximum atomic E-state index is 12.7. The first-order chi connectivity index (χ1) is 13.0. The zero-order valence-corrected chi connectivity index (χ0v) is 16.0. The van der Waals surface area contributed by atoms with Gasteiger partial charge in [0, 0.05) is 37.9 Å². The Morgan fingerprint density at radius 1 is 1.04 bits per heavy atom. The van der Waals surface area contributed by atoms with Crippen molar-refractivity contribution >= 4 is 17.5 Å². The van der Waals surface area contributed by atoms with Gasteiger partial charge < -0.3 is 9.80 Å². The molecule has 1 saturated heterocycles. The molecule has 0 unspecified atom stereocenters. The molecular formula is C20H24N6O. The van der Waals surface area contributed by atoms with Crippen molar-refractivity contribution in [2.75, 3.05) is 31.1 Å². The molecule has 2 aromatic heterocycles. The smallest absolute Gasteiger partial charge is 0.257 e. The highest BCUT2D eigenvalue weighted by Crippen LogP contribution is 2.18. The van der Waals surface area contributed by atoms with Crippen molar-refractivity contribution in [1.82, 2.24) is 24.5 Å². The average Bonchev–Trinajstić information content (AvgIpc) is 3.05. The van der Waals surface area contributed by atoms with Gasteiger partial charge in [0.25, 0.3) is 5.78 Å². The van der Waals surface area contributed by atoms with Gasteiger partial charge in [-0.15, -0.1) is 10.2 Å². The van der Waals surface area contributed by atoms with Crippen molar-refractivity contribution in [3.63, 3.8) is 0 Å². The fourth-order valence-corrected chi connectivity index (χ4v) is 3.65. The molecule has 1 aliphatic rings. The highest BCUT2D eigenvalue weighted by Gasteiger charge is 2.23. The lowest BCUT2D eigenvalue weighted by Crippen LogP contribution is -2.49. The van der Waals surface area contributed by atoms with Crippen LogP contribution in [0.5, 0.6) is 0 Å². The van der Waals surface area contributed by atoms with Crippen molar-refractivity contribution in [1.29, 1.82) is 0 Å². The predicted molar refractivity (Wildman–Crippen MR) is 104 cm³/mol. The van der Waals surface area contributed by atoms with E-state index >= 15 is 0 Å². The second-order valence-corrected chi connectivity index (χ2v) is 7.11. The first-order valence-corrected chi connectivity index (χ1v) is 9.29. The highest BCUT2D eigenvalue weighted by atomic mass is 16.2. The second-order valence-electron chi connectivity index (χ2n) is 7.11. The normalized spacial score (nSPS) is 14.8. The van der Waals surface area contributed by atoms with E-state index in [-0.39, 0.29) is 5.91 Å². The summed E-state index contributed by atoms with van der Waals surface area (Å²) >= 11 is 0. The number of hydrogen-bond acceptors (Lipinski definition) is 5. The van der Waals surface area contributed by atoms with E-state index in [9.17, 15) is 4.79 Å². The third kappa shape index (κ3) is 3.37. The van der Waals surface area contributed by atoms with Crippen LogP contribution in [0.4, 0.5) is 5.82 Å². The molecular weight excluding hydrogens is 340 g/mol. The highest BCUT2D eigenvalue weighted by molar-refractivity contribution is 5.79.